The molecule has 0 heterocycles. The molecule has 20 heavy (non-hydrogen) atoms. The van der Waals surface area contributed by atoms with Gasteiger partial charge in [0.25, 0.3) is 0 Å². The SMILES string of the molecule is CN(C)CCN(C)c1cc[c]cc1-c1ccccc1Br. The molecule has 0 saturated heterocycles. The Hall–Kier alpha value is -1.32. The van der Waals surface area contributed by atoms with Crippen LogP contribution in [-0.4, -0.2) is 39.1 Å². The fourth-order valence-corrected chi connectivity index (χ4v) is 2.62. The molecule has 0 unspecified atom stereocenters. The molecule has 0 spiro atoms. The maximum absolute atomic E-state index is 3.64. The molecule has 0 bridgehead atoms. The molecule has 0 aliphatic carbocycles. The molecule has 1 radical (unpaired) electrons. The van der Waals surface area contributed by atoms with Crippen molar-refractivity contribution in [2.45, 2.75) is 0 Å². The van der Waals surface area contributed by atoms with Crippen LogP contribution in [0.3, 0.4) is 0 Å². The van der Waals surface area contributed by atoms with Crippen molar-refractivity contribution in [2.24, 2.45) is 0 Å². The lowest BCUT2D eigenvalue weighted by molar-refractivity contribution is 0.416. The number of hydrogen-bond donors (Lipinski definition) is 0. The topological polar surface area (TPSA) is 6.48 Å². The summed E-state index contributed by atoms with van der Waals surface area (Å²) in [7, 11) is 6.34. The van der Waals surface area contributed by atoms with E-state index in [0.717, 1.165) is 17.6 Å². The molecule has 2 aromatic rings. The summed E-state index contributed by atoms with van der Waals surface area (Å²) < 4.78 is 1.11. The number of rotatable bonds is 5. The smallest absolute Gasteiger partial charge is 0.0444 e. The second-order valence-corrected chi connectivity index (χ2v) is 6.00. The summed E-state index contributed by atoms with van der Waals surface area (Å²) in [5.74, 6) is 0. The highest BCUT2D eigenvalue weighted by molar-refractivity contribution is 9.10. The van der Waals surface area contributed by atoms with Gasteiger partial charge >= 0.3 is 0 Å². The molecular weight excluding hydrogens is 312 g/mol. The molecule has 0 saturated carbocycles. The van der Waals surface area contributed by atoms with E-state index in [1.165, 1.54) is 16.8 Å². The zero-order chi connectivity index (χ0) is 14.5. The Morgan fingerprint density at radius 1 is 1.00 bits per heavy atom. The van der Waals surface area contributed by atoms with E-state index in [2.05, 4.69) is 83.3 Å². The van der Waals surface area contributed by atoms with Crippen molar-refractivity contribution in [1.29, 1.82) is 0 Å². The van der Waals surface area contributed by atoms with Crippen LogP contribution in [0.15, 0.2) is 46.9 Å². The molecule has 105 valence electrons. The van der Waals surface area contributed by atoms with E-state index in [1.807, 2.05) is 12.1 Å². The average Bonchev–Trinajstić information content (AvgIpc) is 2.45. The Bertz CT molecular complexity index is 566. The fraction of sp³-hybridized carbons (Fsp3) is 0.294. The lowest BCUT2D eigenvalue weighted by atomic mass is 10.0. The zero-order valence-electron chi connectivity index (χ0n) is 12.2. The summed E-state index contributed by atoms with van der Waals surface area (Å²) in [6.07, 6.45) is 0. The van der Waals surface area contributed by atoms with E-state index < -0.39 is 0 Å². The lowest BCUT2D eigenvalue weighted by Crippen LogP contribution is -2.28. The maximum Gasteiger partial charge on any atom is 0.0444 e. The van der Waals surface area contributed by atoms with Gasteiger partial charge in [0, 0.05) is 35.9 Å². The van der Waals surface area contributed by atoms with Crippen molar-refractivity contribution in [1.82, 2.24) is 4.90 Å². The van der Waals surface area contributed by atoms with Crippen LogP contribution in [-0.2, 0) is 0 Å². The second-order valence-electron chi connectivity index (χ2n) is 5.15. The van der Waals surface area contributed by atoms with Gasteiger partial charge in [0.2, 0.25) is 0 Å². The predicted molar refractivity (Wildman–Crippen MR) is 90.2 cm³/mol. The van der Waals surface area contributed by atoms with Gasteiger partial charge in [0.15, 0.2) is 0 Å². The molecule has 2 aromatic carbocycles. The third-order valence-electron chi connectivity index (χ3n) is 3.30. The fourth-order valence-electron chi connectivity index (χ4n) is 2.12. The van der Waals surface area contributed by atoms with Crippen molar-refractivity contribution < 1.29 is 0 Å². The van der Waals surface area contributed by atoms with E-state index in [4.69, 9.17) is 0 Å². The number of hydrogen-bond acceptors (Lipinski definition) is 2. The first-order chi connectivity index (χ1) is 9.59. The van der Waals surface area contributed by atoms with Crippen molar-refractivity contribution in [3.8, 4) is 11.1 Å². The molecule has 0 aromatic heterocycles. The predicted octanol–water partition coefficient (Wildman–Crippen LogP) is 3.91. The largest absolute Gasteiger partial charge is 0.373 e. The zero-order valence-corrected chi connectivity index (χ0v) is 13.8. The Balaban J connectivity index is 2.34. The van der Waals surface area contributed by atoms with Gasteiger partial charge < -0.3 is 9.80 Å². The Labute approximate surface area is 130 Å². The average molecular weight is 332 g/mol. The normalized spacial score (nSPS) is 10.8. The summed E-state index contributed by atoms with van der Waals surface area (Å²) in [6.45, 7) is 2.03. The van der Waals surface area contributed by atoms with Crippen LogP contribution in [0.5, 0.6) is 0 Å². The molecule has 0 atom stereocenters. The van der Waals surface area contributed by atoms with Crippen LogP contribution in [0.4, 0.5) is 5.69 Å². The quantitative estimate of drug-likeness (QED) is 0.819. The van der Waals surface area contributed by atoms with Gasteiger partial charge in [-0.15, -0.1) is 0 Å². The Morgan fingerprint density at radius 2 is 1.75 bits per heavy atom. The highest BCUT2D eigenvalue weighted by Gasteiger charge is 2.11. The number of anilines is 1. The number of halogens is 1. The van der Waals surface area contributed by atoms with Crippen LogP contribution < -0.4 is 4.90 Å². The van der Waals surface area contributed by atoms with Gasteiger partial charge in [0.05, 0.1) is 0 Å². The van der Waals surface area contributed by atoms with Gasteiger partial charge in [-0.2, -0.15) is 0 Å². The molecule has 0 fully saturated rings. The number of nitrogens with zero attached hydrogens (tertiary/aromatic N) is 2. The van der Waals surface area contributed by atoms with Crippen LogP contribution in [0.1, 0.15) is 0 Å². The van der Waals surface area contributed by atoms with Crippen molar-refractivity contribution in [3.63, 3.8) is 0 Å². The van der Waals surface area contributed by atoms with E-state index in [1.54, 1.807) is 0 Å². The molecule has 3 heteroatoms. The third kappa shape index (κ3) is 3.62. The standard InChI is InChI=1S/C17H20BrN2/c1-19(2)12-13-20(3)17-11-7-5-9-15(17)14-8-4-6-10-16(14)18/h4,6-11H,12-13H2,1-3H3. The monoisotopic (exact) mass is 331 g/mol. The minimum absolute atomic E-state index is 0.995. The molecular formula is C17H20BrN2. The number of likely N-dealkylation sites (N-methyl/N-ethyl adjacent to an activating group) is 2. The summed E-state index contributed by atoms with van der Waals surface area (Å²) in [5, 5.41) is 0. The van der Waals surface area contributed by atoms with Gasteiger partial charge in [-0.25, -0.2) is 0 Å². The number of benzene rings is 2. The summed E-state index contributed by atoms with van der Waals surface area (Å²) in [4.78, 5) is 4.49. The van der Waals surface area contributed by atoms with E-state index in [0.29, 0.717) is 0 Å². The van der Waals surface area contributed by atoms with Crippen molar-refractivity contribution >= 4 is 21.6 Å². The first-order valence-corrected chi connectivity index (χ1v) is 7.50. The Morgan fingerprint density at radius 3 is 2.45 bits per heavy atom. The van der Waals surface area contributed by atoms with E-state index in [9.17, 15) is 0 Å². The van der Waals surface area contributed by atoms with E-state index >= 15 is 0 Å². The highest BCUT2D eigenvalue weighted by Crippen LogP contribution is 2.34. The summed E-state index contributed by atoms with van der Waals surface area (Å²) >= 11 is 3.64. The summed E-state index contributed by atoms with van der Waals surface area (Å²) in [5.41, 5.74) is 3.65. The first-order valence-electron chi connectivity index (χ1n) is 6.70. The van der Waals surface area contributed by atoms with Crippen LogP contribution in [0, 0.1) is 6.07 Å². The molecule has 0 aliphatic rings. The molecule has 0 aliphatic heterocycles. The first kappa shape index (κ1) is 15.1. The van der Waals surface area contributed by atoms with Crippen LogP contribution in [0.2, 0.25) is 0 Å². The third-order valence-corrected chi connectivity index (χ3v) is 3.99. The van der Waals surface area contributed by atoms with Gasteiger partial charge in [0.1, 0.15) is 0 Å². The molecule has 0 N–H and O–H groups in total. The van der Waals surface area contributed by atoms with Gasteiger partial charge in [-0.3, -0.25) is 0 Å². The minimum atomic E-state index is 0.995. The molecule has 2 rings (SSSR count). The summed E-state index contributed by atoms with van der Waals surface area (Å²) in [6, 6.07) is 17.7. The second kappa shape index (κ2) is 6.91. The van der Waals surface area contributed by atoms with Crippen LogP contribution >= 0.6 is 15.9 Å². The van der Waals surface area contributed by atoms with Crippen molar-refractivity contribution in [2.75, 3.05) is 39.1 Å². The minimum Gasteiger partial charge on any atom is -0.373 e. The Kier molecular flexibility index (Phi) is 5.21. The highest BCUT2D eigenvalue weighted by atomic mass is 79.9. The lowest BCUT2D eigenvalue weighted by Gasteiger charge is -2.24. The molecule has 0 amide bonds. The van der Waals surface area contributed by atoms with Crippen LogP contribution in [0.25, 0.3) is 11.1 Å². The van der Waals surface area contributed by atoms with Crippen molar-refractivity contribution in [3.05, 3.63) is 53.0 Å². The van der Waals surface area contributed by atoms with Gasteiger partial charge in [-0.1, -0.05) is 40.2 Å². The van der Waals surface area contributed by atoms with E-state index in [-0.39, 0.29) is 0 Å². The maximum atomic E-state index is 3.64. The van der Waals surface area contributed by atoms with Gasteiger partial charge in [-0.05, 0) is 43.9 Å². The molecule has 2 nitrogen and oxygen atoms in total.